The second-order valence-corrected chi connectivity index (χ2v) is 6.20. The Morgan fingerprint density at radius 2 is 2.17 bits per heavy atom. The van der Waals surface area contributed by atoms with Crippen LogP contribution < -0.4 is 20.7 Å². The molecule has 0 bridgehead atoms. The summed E-state index contributed by atoms with van der Waals surface area (Å²) >= 11 is 1.12. The summed E-state index contributed by atoms with van der Waals surface area (Å²) < 4.78 is 5.11. The molecule has 3 rings (SSSR count). The normalized spacial score (nSPS) is 17.3. The Hall–Kier alpha value is -2.61. The molecule has 1 aromatic carbocycles. The lowest BCUT2D eigenvalue weighted by Gasteiger charge is -2.17. The first-order valence-electron chi connectivity index (χ1n) is 7.03. The van der Waals surface area contributed by atoms with E-state index in [4.69, 9.17) is 10.5 Å². The number of ether oxygens (including phenoxy) is 1. The molecule has 120 valence electrons. The van der Waals surface area contributed by atoms with Crippen molar-refractivity contribution in [1.82, 2.24) is 10.3 Å². The molecule has 0 saturated carbocycles. The van der Waals surface area contributed by atoms with Crippen molar-refractivity contribution in [2.75, 3.05) is 24.3 Å². The summed E-state index contributed by atoms with van der Waals surface area (Å²) in [4.78, 5) is 30.2. The second-order valence-electron chi connectivity index (χ2n) is 5.14. The van der Waals surface area contributed by atoms with Crippen LogP contribution in [-0.4, -0.2) is 36.5 Å². The highest BCUT2D eigenvalue weighted by Gasteiger charge is 2.32. The maximum absolute atomic E-state index is 12.2. The highest BCUT2D eigenvalue weighted by atomic mass is 32.1. The van der Waals surface area contributed by atoms with Crippen LogP contribution in [0.4, 0.5) is 10.8 Å². The Balaban J connectivity index is 1.66. The molecule has 0 radical (unpaired) electrons. The highest BCUT2D eigenvalue weighted by Crippen LogP contribution is 2.24. The van der Waals surface area contributed by atoms with Gasteiger partial charge in [0.25, 0.3) is 5.91 Å². The zero-order valence-corrected chi connectivity index (χ0v) is 13.3. The number of hydrogen-bond donors (Lipinski definition) is 2. The smallest absolute Gasteiger partial charge is 0.263 e. The molecule has 1 aliphatic heterocycles. The molecule has 2 aromatic rings. The monoisotopic (exact) mass is 332 g/mol. The Morgan fingerprint density at radius 3 is 2.78 bits per heavy atom. The Bertz CT molecular complexity index is 729. The molecule has 1 saturated heterocycles. The van der Waals surface area contributed by atoms with Gasteiger partial charge >= 0.3 is 0 Å². The number of nitrogens with two attached hydrogens (primary N) is 1. The highest BCUT2D eigenvalue weighted by molar-refractivity contribution is 7.17. The molecule has 1 atom stereocenters. The molecule has 2 amide bonds. The van der Waals surface area contributed by atoms with Gasteiger partial charge in [0.1, 0.15) is 10.6 Å². The summed E-state index contributed by atoms with van der Waals surface area (Å²) in [6.45, 7) is 0.436. The molecule has 0 aliphatic carbocycles. The van der Waals surface area contributed by atoms with E-state index in [0.717, 1.165) is 22.8 Å². The zero-order valence-electron chi connectivity index (χ0n) is 12.5. The summed E-state index contributed by atoms with van der Waals surface area (Å²) in [6.07, 6.45) is 1.71. The first-order chi connectivity index (χ1) is 11.1. The van der Waals surface area contributed by atoms with E-state index in [1.54, 1.807) is 24.1 Å². The number of aromatic nitrogens is 1. The van der Waals surface area contributed by atoms with Gasteiger partial charge in [-0.25, -0.2) is 4.98 Å². The lowest BCUT2D eigenvalue weighted by atomic mass is 10.2. The molecule has 2 heterocycles. The van der Waals surface area contributed by atoms with Crippen molar-refractivity contribution in [3.05, 3.63) is 35.3 Å². The van der Waals surface area contributed by atoms with Gasteiger partial charge < -0.3 is 20.7 Å². The maximum atomic E-state index is 12.2. The number of anilines is 2. The summed E-state index contributed by atoms with van der Waals surface area (Å²) in [7, 11) is 1.59. The largest absolute Gasteiger partial charge is 0.497 e. The van der Waals surface area contributed by atoms with Crippen molar-refractivity contribution in [3.63, 3.8) is 0 Å². The van der Waals surface area contributed by atoms with Crippen molar-refractivity contribution in [2.45, 2.75) is 12.5 Å². The van der Waals surface area contributed by atoms with Gasteiger partial charge in [0.2, 0.25) is 5.91 Å². The summed E-state index contributed by atoms with van der Waals surface area (Å²) in [5, 5.41) is 3.19. The van der Waals surface area contributed by atoms with Crippen molar-refractivity contribution in [2.24, 2.45) is 0 Å². The number of benzene rings is 1. The van der Waals surface area contributed by atoms with E-state index >= 15 is 0 Å². The fourth-order valence-electron chi connectivity index (χ4n) is 2.47. The lowest BCUT2D eigenvalue weighted by Crippen LogP contribution is -2.36. The van der Waals surface area contributed by atoms with Crippen molar-refractivity contribution in [3.8, 4) is 5.75 Å². The third-order valence-electron chi connectivity index (χ3n) is 3.59. The molecule has 1 fully saturated rings. The Morgan fingerprint density at radius 1 is 1.43 bits per heavy atom. The van der Waals surface area contributed by atoms with Crippen LogP contribution in [-0.2, 0) is 4.79 Å². The third-order valence-corrected chi connectivity index (χ3v) is 4.42. The fourth-order valence-corrected chi connectivity index (χ4v) is 3.05. The fraction of sp³-hybridized carbons (Fsp3) is 0.267. The zero-order chi connectivity index (χ0) is 16.4. The van der Waals surface area contributed by atoms with Gasteiger partial charge in [0.15, 0.2) is 5.13 Å². The predicted octanol–water partition coefficient (Wildman–Crippen LogP) is 1.27. The molecular formula is C15H16N4O3S. The number of nitrogens with zero attached hydrogens (tertiary/aromatic N) is 2. The van der Waals surface area contributed by atoms with Crippen molar-refractivity contribution >= 4 is 34.0 Å². The number of nitrogen functional groups attached to an aromatic ring is 1. The van der Waals surface area contributed by atoms with Gasteiger partial charge in [0.05, 0.1) is 19.3 Å². The quantitative estimate of drug-likeness (QED) is 0.879. The van der Waals surface area contributed by atoms with Gasteiger partial charge in [-0.2, -0.15) is 0 Å². The lowest BCUT2D eigenvalue weighted by molar-refractivity contribution is -0.117. The number of carbonyl (C=O) groups excluding carboxylic acids is 2. The van der Waals surface area contributed by atoms with E-state index in [-0.39, 0.29) is 24.3 Å². The van der Waals surface area contributed by atoms with Crippen LogP contribution in [0.1, 0.15) is 16.1 Å². The third kappa shape index (κ3) is 3.26. The topological polar surface area (TPSA) is 97.6 Å². The van der Waals surface area contributed by atoms with Gasteiger partial charge in [-0.05, 0) is 24.3 Å². The molecule has 1 aromatic heterocycles. The van der Waals surface area contributed by atoms with Gasteiger partial charge in [-0.15, -0.1) is 0 Å². The van der Waals surface area contributed by atoms with Crippen LogP contribution in [0.5, 0.6) is 5.75 Å². The molecular weight excluding hydrogens is 316 g/mol. The second kappa shape index (κ2) is 6.25. The minimum absolute atomic E-state index is 0.0238. The maximum Gasteiger partial charge on any atom is 0.263 e. The molecule has 7 nitrogen and oxygen atoms in total. The first-order valence-corrected chi connectivity index (χ1v) is 7.85. The van der Waals surface area contributed by atoms with E-state index in [9.17, 15) is 9.59 Å². The van der Waals surface area contributed by atoms with E-state index < -0.39 is 0 Å². The SMILES string of the molecule is COc1ccc(N2C[C@H](NC(=O)c3cnc(N)s3)CC2=O)cc1. The average Bonchev–Trinajstić information content (AvgIpc) is 3.13. The van der Waals surface area contributed by atoms with Crippen LogP contribution >= 0.6 is 11.3 Å². The van der Waals surface area contributed by atoms with E-state index in [2.05, 4.69) is 10.3 Å². The van der Waals surface area contributed by atoms with Gasteiger partial charge in [0, 0.05) is 18.7 Å². The molecule has 0 unspecified atom stereocenters. The molecule has 0 spiro atoms. The van der Waals surface area contributed by atoms with Crippen LogP contribution in [0.25, 0.3) is 0 Å². The van der Waals surface area contributed by atoms with Crippen LogP contribution in [0.3, 0.4) is 0 Å². The number of nitrogens with one attached hydrogen (secondary N) is 1. The van der Waals surface area contributed by atoms with Gasteiger partial charge in [-0.1, -0.05) is 11.3 Å². The number of hydrogen-bond acceptors (Lipinski definition) is 6. The summed E-state index contributed by atoms with van der Waals surface area (Å²) in [5.41, 5.74) is 6.31. The van der Waals surface area contributed by atoms with Crippen LogP contribution in [0.2, 0.25) is 0 Å². The minimum Gasteiger partial charge on any atom is -0.497 e. The van der Waals surface area contributed by atoms with Crippen molar-refractivity contribution < 1.29 is 14.3 Å². The van der Waals surface area contributed by atoms with E-state index in [0.29, 0.717) is 16.6 Å². The number of thiazole rings is 1. The molecule has 3 N–H and O–H groups in total. The molecule has 1 aliphatic rings. The van der Waals surface area contributed by atoms with Crippen LogP contribution in [0, 0.1) is 0 Å². The number of carbonyl (C=O) groups is 2. The van der Waals surface area contributed by atoms with E-state index in [1.165, 1.54) is 6.20 Å². The predicted molar refractivity (Wildman–Crippen MR) is 87.7 cm³/mol. The first kappa shape index (κ1) is 15.3. The number of amides is 2. The van der Waals surface area contributed by atoms with E-state index in [1.807, 2.05) is 12.1 Å². The molecule has 8 heteroatoms. The summed E-state index contributed by atoms with van der Waals surface area (Å²) in [5.74, 6) is 0.450. The Kier molecular flexibility index (Phi) is 4.16. The van der Waals surface area contributed by atoms with Crippen LogP contribution in [0.15, 0.2) is 30.5 Å². The molecule has 23 heavy (non-hydrogen) atoms. The Labute approximate surface area is 137 Å². The minimum atomic E-state index is -0.256. The average molecular weight is 332 g/mol. The summed E-state index contributed by atoms with van der Waals surface area (Å²) in [6, 6.07) is 7.01. The number of methoxy groups -OCH3 is 1. The number of rotatable bonds is 4. The van der Waals surface area contributed by atoms with Gasteiger partial charge in [-0.3, -0.25) is 9.59 Å². The standard InChI is InChI=1S/C15H16N4O3S/c1-22-11-4-2-10(3-5-11)19-8-9(6-13(19)20)18-14(21)12-7-17-15(16)23-12/h2-5,7,9H,6,8H2,1H3,(H2,16,17)(H,18,21)/t9-/m1/s1. The van der Waals surface area contributed by atoms with Crippen molar-refractivity contribution in [1.29, 1.82) is 0 Å².